The zero-order valence-electron chi connectivity index (χ0n) is 8.51. The van der Waals surface area contributed by atoms with Gasteiger partial charge in [-0.2, -0.15) is 5.10 Å². The summed E-state index contributed by atoms with van der Waals surface area (Å²) in [4.78, 5) is 0. The fraction of sp³-hybridized carbons (Fsp3) is 0. The number of H-pyrrole nitrogens is 1. The number of phenolic OH excluding ortho intramolecular Hbond substituents is 1. The highest BCUT2D eigenvalue weighted by molar-refractivity contribution is 5.92. The Balaban J connectivity index is 2.22. The summed E-state index contributed by atoms with van der Waals surface area (Å²) < 4.78 is 0. The highest BCUT2D eigenvalue weighted by Crippen LogP contribution is 2.26. The van der Waals surface area contributed by atoms with Gasteiger partial charge >= 0.3 is 0 Å². The Morgan fingerprint density at radius 1 is 0.938 bits per heavy atom. The highest BCUT2D eigenvalue weighted by Gasteiger charge is 2.06. The van der Waals surface area contributed by atoms with Gasteiger partial charge in [0.25, 0.3) is 0 Å². The van der Waals surface area contributed by atoms with Crippen LogP contribution in [0.15, 0.2) is 48.5 Å². The van der Waals surface area contributed by atoms with Crippen molar-refractivity contribution in [1.29, 1.82) is 0 Å². The van der Waals surface area contributed by atoms with Crippen molar-refractivity contribution in [2.75, 3.05) is 0 Å². The van der Waals surface area contributed by atoms with Crippen molar-refractivity contribution in [3.8, 4) is 17.0 Å². The van der Waals surface area contributed by atoms with Gasteiger partial charge in [-0.3, -0.25) is 5.10 Å². The molecule has 0 aliphatic rings. The van der Waals surface area contributed by atoms with Crippen LogP contribution in [0, 0.1) is 0 Å². The van der Waals surface area contributed by atoms with Crippen LogP contribution in [0.2, 0.25) is 0 Å². The van der Waals surface area contributed by atoms with Crippen molar-refractivity contribution in [2.45, 2.75) is 0 Å². The molecule has 3 heteroatoms. The molecule has 0 unspecified atom stereocenters. The lowest BCUT2D eigenvalue weighted by atomic mass is 10.1. The minimum Gasteiger partial charge on any atom is -0.508 e. The van der Waals surface area contributed by atoms with Crippen LogP contribution in [0.4, 0.5) is 0 Å². The lowest BCUT2D eigenvalue weighted by molar-refractivity contribution is 0.475. The van der Waals surface area contributed by atoms with E-state index in [1.807, 2.05) is 36.4 Å². The van der Waals surface area contributed by atoms with Gasteiger partial charge in [-0.1, -0.05) is 18.2 Å². The number of hydrogen-bond acceptors (Lipinski definition) is 2. The van der Waals surface area contributed by atoms with Gasteiger partial charge < -0.3 is 5.11 Å². The van der Waals surface area contributed by atoms with Crippen LogP contribution < -0.4 is 0 Å². The first-order valence-electron chi connectivity index (χ1n) is 5.07. The Bertz CT molecular complexity index is 626. The van der Waals surface area contributed by atoms with Crippen LogP contribution >= 0.6 is 0 Å². The molecule has 2 N–H and O–H groups in total. The smallest absolute Gasteiger partial charge is 0.115 e. The molecule has 3 rings (SSSR count). The standard InChI is InChI=1S/C13H10N2O/c16-10-7-5-9(6-8-10)13-11-3-1-2-4-12(11)14-15-13/h1-8,16H,(H,14,15). The van der Waals surface area contributed by atoms with Gasteiger partial charge in [-0.05, 0) is 30.3 Å². The van der Waals surface area contributed by atoms with Crippen molar-refractivity contribution in [2.24, 2.45) is 0 Å². The fourth-order valence-corrected chi connectivity index (χ4v) is 1.80. The van der Waals surface area contributed by atoms with Crippen LogP contribution in [0.1, 0.15) is 0 Å². The molecule has 0 amide bonds. The second-order valence-corrected chi connectivity index (χ2v) is 3.66. The molecule has 1 aromatic heterocycles. The molecule has 16 heavy (non-hydrogen) atoms. The second-order valence-electron chi connectivity index (χ2n) is 3.66. The maximum Gasteiger partial charge on any atom is 0.115 e. The van der Waals surface area contributed by atoms with E-state index >= 15 is 0 Å². The Hall–Kier alpha value is -2.29. The van der Waals surface area contributed by atoms with Crippen LogP contribution in [-0.2, 0) is 0 Å². The number of benzene rings is 2. The summed E-state index contributed by atoms with van der Waals surface area (Å²) >= 11 is 0. The van der Waals surface area contributed by atoms with Gasteiger partial charge in [-0.15, -0.1) is 0 Å². The molecule has 0 radical (unpaired) electrons. The van der Waals surface area contributed by atoms with Crippen molar-refractivity contribution < 1.29 is 5.11 Å². The van der Waals surface area contributed by atoms with E-state index in [-0.39, 0.29) is 5.75 Å². The third-order valence-electron chi connectivity index (χ3n) is 2.61. The highest BCUT2D eigenvalue weighted by atomic mass is 16.3. The van der Waals surface area contributed by atoms with E-state index in [9.17, 15) is 5.11 Å². The van der Waals surface area contributed by atoms with Crippen LogP contribution in [-0.4, -0.2) is 15.3 Å². The molecular formula is C13H10N2O. The maximum atomic E-state index is 9.24. The largest absolute Gasteiger partial charge is 0.508 e. The Morgan fingerprint density at radius 2 is 1.69 bits per heavy atom. The monoisotopic (exact) mass is 210 g/mol. The average molecular weight is 210 g/mol. The van der Waals surface area contributed by atoms with Gasteiger partial charge in [0.05, 0.1) is 11.2 Å². The molecule has 0 aliphatic carbocycles. The van der Waals surface area contributed by atoms with Crippen molar-refractivity contribution in [1.82, 2.24) is 10.2 Å². The molecule has 0 saturated carbocycles. The third-order valence-corrected chi connectivity index (χ3v) is 2.61. The first kappa shape index (κ1) is 8.97. The molecule has 1 heterocycles. The fourth-order valence-electron chi connectivity index (χ4n) is 1.80. The lowest BCUT2D eigenvalue weighted by Gasteiger charge is -1.97. The zero-order valence-corrected chi connectivity index (χ0v) is 8.51. The van der Waals surface area contributed by atoms with Gasteiger partial charge in [0, 0.05) is 10.9 Å². The van der Waals surface area contributed by atoms with E-state index in [2.05, 4.69) is 10.2 Å². The molecule has 78 valence electrons. The Morgan fingerprint density at radius 3 is 2.50 bits per heavy atom. The number of fused-ring (bicyclic) bond motifs is 1. The number of para-hydroxylation sites is 1. The van der Waals surface area contributed by atoms with E-state index in [0.717, 1.165) is 22.2 Å². The van der Waals surface area contributed by atoms with Gasteiger partial charge in [-0.25, -0.2) is 0 Å². The summed E-state index contributed by atoms with van der Waals surface area (Å²) in [6.45, 7) is 0. The quantitative estimate of drug-likeness (QED) is 0.648. The molecule has 0 fully saturated rings. The van der Waals surface area contributed by atoms with Crippen LogP contribution in [0.5, 0.6) is 5.75 Å². The second kappa shape index (κ2) is 3.38. The summed E-state index contributed by atoms with van der Waals surface area (Å²) in [5.41, 5.74) is 2.93. The van der Waals surface area contributed by atoms with Crippen molar-refractivity contribution >= 4 is 10.9 Å². The van der Waals surface area contributed by atoms with E-state index in [1.54, 1.807) is 12.1 Å². The molecular weight excluding hydrogens is 200 g/mol. The number of aromatic amines is 1. The SMILES string of the molecule is Oc1ccc(-c2n[nH]c3ccccc23)cc1. The average Bonchev–Trinajstić information content (AvgIpc) is 2.74. The Kier molecular flexibility index (Phi) is 1.90. The molecule has 0 spiro atoms. The van der Waals surface area contributed by atoms with Crippen LogP contribution in [0.3, 0.4) is 0 Å². The lowest BCUT2D eigenvalue weighted by Crippen LogP contribution is -1.77. The molecule has 0 bridgehead atoms. The number of aromatic nitrogens is 2. The normalized spacial score (nSPS) is 10.8. The summed E-state index contributed by atoms with van der Waals surface area (Å²) in [6.07, 6.45) is 0. The number of hydrogen-bond donors (Lipinski definition) is 2. The summed E-state index contributed by atoms with van der Waals surface area (Å²) in [7, 11) is 0. The topological polar surface area (TPSA) is 48.9 Å². The summed E-state index contributed by atoms with van der Waals surface area (Å²) in [5.74, 6) is 0.267. The van der Waals surface area contributed by atoms with Gasteiger partial charge in [0.1, 0.15) is 5.75 Å². The molecule has 3 nitrogen and oxygen atoms in total. The van der Waals surface area contributed by atoms with E-state index in [0.29, 0.717) is 0 Å². The number of nitrogens with zero attached hydrogens (tertiary/aromatic N) is 1. The van der Waals surface area contributed by atoms with Crippen molar-refractivity contribution in [3.63, 3.8) is 0 Å². The summed E-state index contributed by atoms with van der Waals surface area (Å²) in [6, 6.07) is 15.0. The van der Waals surface area contributed by atoms with E-state index < -0.39 is 0 Å². The summed E-state index contributed by atoms with van der Waals surface area (Å²) in [5, 5.41) is 17.6. The maximum absolute atomic E-state index is 9.24. The minimum absolute atomic E-state index is 0.267. The molecule has 3 aromatic rings. The zero-order chi connectivity index (χ0) is 11.0. The van der Waals surface area contributed by atoms with E-state index in [4.69, 9.17) is 0 Å². The molecule has 0 saturated heterocycles. The molecule has 0 aliphatic heterocycles. The number of phenols is 1. The first-order chi connectivity index (χ1) is 7.84. The number of rotatable bonds is 1. The van der Waals surface area contributed by atoms with Crippen molar-refractivity contribution in [3.05, 3.63) is 48.5 Å². The van der Waals surface area contributed by atoms with Gasteiger partial charge in [0.2, 0.25) is 0 Å². The van der Waals surface area contributed by atoms with Gasteiger partial charge in [0.15, 0.2) is 0 Å². The third kappa shape index (κ3) is 1.34. The number of nitrogens with one attached hydrogen (secondary N) is 1. The Labute approximate surface area is 92.4 Å². The predicted octanol–water partition coefficient (Wildman–Crippen LogP) is 2.94. The molecule has 2 aromatic carbocycles. The van der Waals surface area contributed by atoms with E-state index in [1.165, 1.54) is 0 Å². The first-order valence-corrected chi connectivity index (χ1v) is 5.07. The molecule has 0 atom stereocenters. The van der Waals surface area contributed by atoms with Crippen LogP contribution in [0.25, 0.3) is 22.2 Å². The minimum atomic E-state index is 0.267. The number of aromatic hydroxyl groups is 1. The predicted molar refractivity (Wildman–Crippen MR) is 63.2 cm³/mol.